The van der Waals surface area contributed by atoms with Gasteiger partial charge in [-0.15, -0.1) is 11.3 Å². The van der Waals surface area contributed by atoms with E-state index in [4.69, 9.17) is 0 Å². The van der Waals surface area contributed by atoms with Crippen LogP contribution in [0.4, 0.5) is 0 Å². The minimum absolute atomic E-state index is 0.489. The van der Waals surface area contributed by atoms with Crippen molar-refractivity contribution in [3.05, 3.63) is 20.3 Å². The van der Waals surface area contributed by atoms with E-state index in [2.05, 4.69) is 29.8 Å². The lowest BCUT2D eigenvalue weighted by Crippen LogP contribution is -1.80. The summed E-state index contributed by atoms with van der Waals surface area (Å²) in [7, 11) is 0. The van der Waals surface area contributed by atoms with Crippen LogP contribution in [-0.4, -0.2) is 6.29 Å². The number of carbonyl (C=O) groups is 1. The zero-order valence-corrected chi connectivity index (χ0v) is 8.83. The van der Waals surface area contributed by atoms with Gasteiger partial charge >= 0.3 is 0 Å². The van der Waals surface area contributed by atoms with Gasteiger partial charge in [0, 0.05) is 9.35 Å². The molecular weight excluding hydrogens is 224 g/mol. The van der Waals surface area contributed by atoms with Crippen LogP contribution in [0.3, 0.4) is 0 Å². The molecule has 0 aliphatic carbocycles. The Morgan fingerprint density at radius 3 is 2.55 bits per heavy atom. The molecule has 0 spiro atoms. The molecule has 1 nitrogen and oxygen atoms in total. The average molecular weight is 233 g/mol. The molecule has 0 amide bonds. The van der Waals surface area contributed by atoms with Crippen molar-refractivity contribution in [1.29, 1.82) is 0 Å². The fourth-order valence-electron chi connectivity index (χ4n) is 0.853. The van der Waals surface area contributed by atoms with Gasteiger partial charge in [0.05, 0.1) is 4.88 Å². The van der Waals surface area contributed by atoms with Crippen LogP contribution in [0.2, 0.25) is 0 Å². The minimum atomic E-state index is 0.489. The first kappa shape index (κ1) is 8.94. The van der Waals surface area contributed by atoms with E-state index in [0.29, 0.717) is 5.92 Å². The highest BCUT2D eigenvalue weighted by Gasteiger charge is 2.08. The maximum absolute atomic E-state index is 10.4. The Bertz CT molecular complexity index is 265. The lowest BCUT2D eigenvalue weighted by molar-refractivity contribution is 0.112. The summed E-state index contributed by atoms with van der Waals surface area (Å²) in [6.07, 6.45) is 0.890. The van der Waals surface area contributed by atoms with Crippen molar-refractivity contribution in [3.8, 4) is 0 Å². The van der Waals surface area contributed by atoms with E-state index in [1.54, 1.807) is 11.3 Å². The van der Waals surface area contributed by atoms with Crippen LogP contribution in [0.15, 0.2) is 10.5 Å². The molecule has 1 aromatic heterocycles. The third kappa shape index (κ3) is 1.91. The topological polar surface area (TPSA) is 17.1 Å². The summed E-state index contributed by atoms with van der Waals surface area (Å²) in [6.45, 7) is 4.23. The highest BCUT2D eigenvalue weighted by Crippen LogP contribution is 2.32. The van der Waals surface area contributed by atoms with Crippen LogP contribution in [-0.2, 0) is 0 Å². The zero-order valence-electron chi connectivity index (χ0n) is 6.43. The van der Waals surface area contributed by atoms with Crippen molar-refractivity contribution in [2.45, 2.75) is 19.8 Å². The van der Waals surface area contributed by atoms with E-state index in [1.165, 1.54) is 4.88 Å². The largest absolute Gasteiger partial charge is 0.297 e. The standard InChI is InChI=1S/C8H9BrOS/c1-5(2)8-7(9)3-6(4-10)11-8/h3-5H,1-2H3. The summed E-state index contributed by atoms with van der Waals surface area (Å²) in [6, 6.07) is 1.87. The maximum atomic E-state index is 10.4. The van der Waals surface area contributed by atoms with E-state index in [0.717, 1.165) is 15.6 Å². The van der Waals surface area contributed by atoms with Crippen LogP contribution >= 0.6 is 27.3 Å². The second kappa shape index (κ2) is 3.50. The van der Waals surface area contributed by atoms with E-state index < -0.39 is 0 Å². The summed E-state index contributed by atoms with van der Waals surface area (Å²) in [5.41, 5.74) is 0. The smallest absolute Gasteiger partial charge is 0.160 e. The Hall–Kier alpha value is -0.150. The molecule has 3 heteroatoms. The molecule has 0 aliphatic heterocycles. The molecule has 0 saturated carbocycles. The van der Waals surface area contributed by atoms with Gasteiger partial charge in [-0.2, -0.15) is 0 Å². The number of halogens is 1. The number of aldehydes is 1. The third-order valence-corrected chi connectivity index (χ3v) is 3.65. The van der Waals surface area contributed by atoms with Crippen molar-refractivity contribution < 1.29 is 4.79 Å². The summed E-state index contributed by atoms with van der Waals surface area (Å²) >= 11 is 4.96. The molecule has 0 fully saturated rings. The number of thiophene rings is 1. The van der Waals surface area contributed by atoms with Crippen LogP contribution < -0.4 is 0 Å². The number of hydrogen-bond donors (Lipinski definition) is 0. The zero-order chi connectivity index (χ0) is 8.43. The van der Waals surface area contributed by atoms with Gasteiger partial charge in [-0.25, -0.2) is 0 Å². The fourth-order valence-corrected chi connectivity index (χ4v) is 2.82. The molecule has 1 heterocycles. The van der Waals surface area contributed by atoms with Gasteiger partial charge in [0.2, 0.25) is 0 Å². The third-order valence-electron chi connectivity index (χ3n) is 1.37. The van der Waals surface area contributed by atoms with Crippen molar-refractivity contribution in [3.63, 3.8) is 0 Å². The van der Waals surface area contributed by atoms with E-state index in [1.807, 2.05) is 6.07 Å². The number of rotatable bonds is 2. The Morgan fingerprint density at radius 1 is 1.64 bits per heavy atom. The first-order valence-electron chi connectivity index (χ1n) is 3.39. The highest BCUT2D eigenvalue weighted by molar-refractivity contribution is 9.10. The molecule has 0 radical (unpaired) electrons. The molecule has 0 aliphatic rings. The maximum Gasteiger partial charge on any atom is 0.160 e. The van der Waals surface area contributed by atoms with Crippen LogP contribution in [0.1, 0.15) is 34.3 Å². The first-order chi connectivity index (χ1) is 5.15. The predicted octanol–water partition coefficient (Wildman–Crippen LogP) is 3.45. The van der Waals surface area contributed by atoms with Crippen LogP contribution in [0, 0.1) is 0 Å². The molecular formula is C8H9BrOS. The van der Waals surface area contributed by atoms with E-state index >= 15 is 0 Å². The van der Waals surface area contributed by atoms with Crippen molar-refractivity contribution in [1.82, 2.24) is 0 Å². The Morgan fingerprint density at radius 2 is 2.27 bits per heavy atom. The average Bonchev–Trinajstić information content (AvgIpc) is 2.30. The molecule has 0 bridgehead atoms. The number of carbonyl (C=O) groups excluding carboxylic acids is 1. The lowest BCUT2D eigenvalue weighted by atomic mass is 10.2. The Kier molecular flexibility index (Phi) is 2.84. The van der Waals surface area contributed by atoms with Gasteiger partial charge in [0.1, 0.15) is 0 Å². The van der Waals surface area contributed by atoms with Gasteiger partial charge in [-0.1, -0.05) is 13.8 Å². The predicted molar refractivity (Wildman–Crippen MR) is 51.5 cm³/mol. The summed E-state index contributed by atoms with van der Waals surface area (Å²) in [5, 5.41) is 0. The van der Waals surface area contributed by atoms with E-state index in [-0.39, 0.29) is 0 Å². The second-order valence-corrected chi connectivity index (χ2v) is 4.60. The Balaban J connectivity index is 3.06. The van der Waals surface area contributed by atoms with Gasteiger partial charge in [0.15, 0.2) is 6.29 Å². The molecule has 0 unspecified atom stereocenters. The van der Waals surface area contributed by atoms with E-state index in [9.17, 15) is 4.79 Å². The summed E-state index contributed by atoms with van der Waals surface area (Å²) in [5.74, 6) is 0.489. The molecule has 60 valence electrons. The normalized spacial score (nSPS) is 10.5. The minimum Gasteiger partial charge on any atom is -0.297 e. The van der Waals surface area contributed by atoms with Crippen LogP contribution in [0.25, 0.3) is 0 Å². The quantitative estimate of drug-likeness (QED) is 0.715. The highest BCUT2D eigenvalue weighted by atomic mass is 79.9. The first-order valence-corrected chi connectivity index (χ1v) is 5.00. The summed E-state index contributed by atoms with van der Waals surface area (Å²) < 4.78 is 1.06. The molecule has 1 rings (SSSR count). The molecule has 0 N–H and O–H groups in total. The Labute approximate surface area is 78.6 Å². The van der Waals surface area contributed by atoms with Crippen molar-refractivity contribution in [2.24, 2.45) is 0 Å². The van der Waals surface area contributed by atoms with Gasteiger partial charge in [-0.3, -0.25) is 4.79 Å². The monoisotopic (exact) mass is 232 g/mol. The summed E-state index contributed by atoms with van der Waals surface area (Å²) in [4.78, 5) is 12.4. The molecule has 11 heavy (non-hydrogen) atoms. The van der Waals surface area contributed by atoms with Gasteiger partial charge < -0.3 is 0 Å². The van der Waals surface area contributed by atoms with Gasteiger partial charge in [-0.05, 0) is 27.9 Å². The molecule has 0 saturated heterocycles. The van der Waals surface area contributed by atoms with Crippen molar-refractivity contribution >= 4 is 33.6 Å². The second-order valence-electron chi connectivity index (χ2n) is 2.63. The van der Waals surface area contributed by atoms with Crippen LogP contribution in [0.5, 0.6) is 0 Å². The fraction of sp³-hybridized carbons (Fsp3) is 0.375. The number of hydrogen-bond acceptors (Lipinski definition) is 2. The lowest BCUT2D eigenvalue weighted by Gasteiger charge is -1.99. The molecule has 0 atom stereocenters. The molecule has 1 aromatic rings. The van der Waals surface area contributed by atoms with Gasteiger partial charge in [0.25, 0.3) is 0 Å². The van der Waals surface area contributed by atoms with Crippen molar-refractivity contribution in [2.75, 3.05) is 0 Å². The SMILES string of the molecule is CC(C)c1sc(C=O)cc1Br. The molecule has 0 aromatic carbocycles.